The summed E-state index contributed by atoms with van der Waals surface area (Å²) in [6.07, 6.45) is 1.35. The number of carbonyl (C=O) groups is 2. The van der Waals surface area contributed by atoms with Crippen LogP contribution in [0.5, 0.6) is 0 Å². The SMILES string of the molecule is O=C(Nc1ccccc1)C1CCN(C(=O)CSc2nc(-c3ccccc3)c(-c3ccccc3)[nH]2)CC1. The van der Waals surface area contributed by atoms with Gasteiger partial charge in [0.05, 0.1) is 17.1 Å². The molecule has 2 amide bonds. The maximum atomic E-state index is 12.9. The van der Waals surface area contributed by atoms with Crippen molar-refractivity contribution >= 4 is 29.3 Å². The van der Waals surface area contributed by atoms with E-state index in [9.17, 15) is 9.59 Å². The van der Waals surface area contributed by atoms with Crippen molar-refractivity contribution in [3.8, 4) is 22.5 Å². The Balaban J connectivity index is 1.19. The minimum atomic E-state index is -0.0751. The van der Waals surface area contributed by atoms with Crippen LogP contribution in [0, 0.1) is 5.92 Å². The zero-order chi connectivity index (χ0) is 24.7. The van der Waals surface area contributed by atoms with Crippen molar-refractivity contribution in [2.24, 2.45) is 5.92 Å². The molecule has 2 N–H and O–H groups in total. The number of anilines is 1. The van der Waals surface area contributed by atoms with E-state index in [1.807, 2.05) is 83.8 Å². The van der Waals surface area contributed by atoms with E-state index in [2.05, 4.69) is 22.4 Å². The van der Waals surface area contributed by atoms with Crippen LogP contribution in [0.15, 0.2) is 96.2 Å². The summed E-state index contributed by atoms with van der Waals surface area (Å²) in [6, 6.07) is 29.7. The third kappa shape index (κ3) is 5.69. The lowest BCUT2D eigenvalue weighted by atomic mass is 9.96. The van der Waals surface area contributed by atoms with Gasteiger partial charge in [-0.15, -0.1) is 0 Å². The molecule has 5 rings (SSSR count). The first kappa shape index (κ1) is 23.9. The van der Waals surface area contributed by atoms with E-state index < -0.39 is 0 Å². The van der Waals surface area contributed by atoms with E-state index in [1.54, 1.807) is 0 Å². The van der Waals surface area contributed by atoms with E-state index >= 15 is 0 Å². The van der Waals surface area contributed by atoms with E-state index in [0.717, 1.165) is 33.4 Å². The Hall–Kier alpha value is -3.84. The summed E-state index contributed by atoms with van der Waals surface area (Å²) in [5.41, 5.74) is 4.71. The number of benzene rings is 3. The third-order valence-corrected chi connectivity index (χ3v) is 7.24. The van der Waals surface area contributed by atoms with Gasteiger partial charge in [-0.2, -0.15) is 0 Å². The van der Waals surface area contributed by atoms with Gasteiger partial charge in [-0.3, -0.25) is 9.59 Å². The Kier molecular flexibility index (Phi) is 7.47. The van der Waals surface area contributed by atoms with Crippen LogP contribution in [0.3, 0.4) is 0 Å². The van der Waals surface area contributed by atoms with Crippen LogP contribution in [0.4, 0.5) is 5.69 Å². The molecule has 0 radical (unpaired) electrons. The fraction of sp³-hybridized carbons (Fsp3) is 0.207. The van der Waals surface area contributed by atoms with Gasteiger partial charge in [0.2, 0.25) is 11.8 Å². The van der Waals surface area contributed by atoms with Gasteiger partial charge in [0.15, 0.2) is 5.16 Å². The second kappa shape index (κ2) is 11.3. The maximum Gasteiger partial charge on any atom is 0.233 e. The Morgan fingerprint density at radius 2 is 1.44 bits per heavy atom. The van der Waals surface area contributed by atoms with E-state index in [4.69, 9.17) is 4.98 Å². The van der Waals surface area contributed by atoms with E-state index in [1.165, 1.54) is 11.8 Å². The molecule has 0 saturated carbocycles. The number of aromatic amines is 1. The molecule has 1 saturated heterocycles. The average Bonchev–Trinajstić information content (AvgIpc) is 3.38. The van der Waals surface area contributed by atoms with Gasteiger partial charge in [-0.1, -0.05) is 90.6 Å². The number of nitrogens with one attached hydrogen (secondary N) is 2. The predicted molar refractivity (Wildman–Crippen MR) is 145 cm³/mol. The maximum absolute atomic E-state index is 12.9. The fourth-order valence-electron chi connectivity index (χ4n) is 4.42. The number of imidazole rings is 1. The molecule has 0 atom stereocenters. The number of nitrogens with zero attached hydrogens (tertiary/aromatic N) is 2. The average molecular weight is 497 g/mol. The first-order valence-electron chi connectivity index (χ1n) is 12.1. The van der Waals surface area contributed by atoms with E-state index in [-0.39, 0.29) is 17.7 Å². The molecule has 182 valence electrons. The highest BCUT2D eigenvalue weighted by atomic mass is 32.2. The van der Waals surface area contributed by atoms with Gasteiger partial charge < -0.3 is 15.2 Å². The van der Waals surface area contributed by atoms with Crippen LogP contribution in [-0.2, 0) is 9.59 Å². The fourth-order valence-corrected chi connectivity index (χ4v) is 5.19. The number of aromatic nitrogens is 2. The van der Waals surface area contributed by atoms with Crippen LogP contribution in [0.1, 0.15) is 12.8 Å². The highest BCUT2D eigenvalue weighted by Gasteiger charge is 2.27. The summed E-state index contributed by atoms with van der Waals surface area (Å²) in [5.74, 6) is 0.325. The first-order chi connectivity index (χ1) is 17.7. The van der Waals surface area contributed by atoms with Gasteiger partial charge in [-0.25, -0.2) is 4.98 Å². The summed E-state index contributed by atoms with van der Waals surface area (Å²) in [6.45, 7) is 1.18. The zero-order valence-electron chi connectivity index (χ0n) is 19.9. The molecule has 0 unspecified atom stereocenters. The van der Waals surface area contributed by atoms with Crippen molar-refractivity contribution in [3.63, 3.8) is 0 Å². The van der Waals surface area contributed by atoms with Crippen LogP contribution in [0.2, 0.25) is 0 Å². The molecule has 7 heteroatoms. The first-order valence-corrected chi connectivity index (χ1v) is 13.1. The number of piperidine rings is 1. The Morgan fingerprint density at radius 3 is 2.08 bits per heavy atom. The Morgan fingerprint density at radius 1 is 0.861 bits per heavy atom. The topological polar surface area (TPSA) is 78.1 Å². The molecule has 3 aromatic carbocycles. The van der Waals surface area contributed by atoms with Crippen LogP contribution in [-0.4, -0.2) is 45.5 Å². The molecule has 36 heavy (non-hydrogen) atoms. The van der Waals surface area contributed by atoms with Gasteiger partial charge >= 0.3 is 0 Å². The van der Waals surface area contributed by atoms with Crippen molar-refractivity contribution in [1.29, 1.82) is 0 Å². The minimum Gasteiger partial charge on any atom is -0.342 e. The molecule has 0 bridgehead atoms. The molecule has 0 aliphatic carbocycles. The van der Waals surface area contributed by atoms with Gasteiger partial charge in [0.1, 0.15) is 0 Å². The highest BCUT2D eigenvalue weighted by Crippen LogP contribution is 2.32. The third-order valence-electron chi connectivity index (χ3n) is 6.38. The number of thioether (sulfide) groups is 1. The van der Waals surface area contributed by atoms with Crippen LogP contribution >= 0.6 is 11.8 Å². The standard InChI is InChI=1S/C29H28N4O2S/c34-25(33-18-16-23(17-19-33)28(35)30-24-14-8-3-9-15-24)20-36-29-31-26(21-10-4-1-5-11-21)27(32-29)22-12-6-2-7-13-22/h1-15,23H,16-20H2,(H,30,35)(H,31,32). The van der Waals surface area contributed by atoms with E-state index in [0.29, 0.717) is 31.7 Å². The molecule has 6 nitrogen and oxygen atoms in total. The summed E-state index contributed by atoms with van der Waals surface area (Å²) in [5, 5.41) is 3.70. The van der Waals surface area contributed by atoms with Gasteiger partial charge in [-0.05, 0) is 25.0 Å². The molecule has 1 aromatic heterocycles. The second-order valence-electron chi connectivity index (χ2n) is 8.80. The summed E-state index contributed by atoms with van der Waals surface area (Å²) >= 11 is 1.42. The molecule has 0 spiro atoms. The Bertz CT molecular complexity index is 1240. The quantitative estimate of drug-likeness (QED) is 0.321. The number of likely N-dealkylation sites (tertiary alicyclic amines) is 1. The zero-order valence-corrected chi connectivity index (χ0v) is 20.7. The molecular weight excluding hydrogens is 468 g/mol. The molecule has 1 fully saturated rings. The highest BCUT2D eigenvalue weighted by molar-refractivity contribution is 7.99. The minimum absolute atomic E-state index is 0.0279. The number of H-pyrrole nitrogens is 1. The smallest absolute Gasteiger partial charge is 0.233 e. The predicted octanol–water partition coefficient (Wildman–Crippen LogP) is 5.71. The molecule has 1 aliphatic rings. The molecule has 1 aliphatic heterocycles. The molecule has 2 heterocycles. The number of para-hydroxylation sites is 1. The summed E-state index contributed by atoms with van der Waals surface area (Å²) in [7, 11) is 0. The number of rotatable bonds is 7. The van der Waals surface area contributed by atoms with Crippen molar-refractivity contribution in [2.75, 3.05) is 24.2 Å². The number of hydrogen-bond donors (Lipinski definition) is 2. The van der Waals surface area contributed by atoms with Crippen molar-refractivity contribution < 1.29 is 9.59 Å². The van der Waals surface area contributed by atoms with Crippen LogP contribution in [0.25, 0.3) is 22.5 Å². The normalized spacial score (nSPS) is 13.9. The molecule has 4 aromatic rings. The van der Waals surface area contributed by atoms with Crippen molar-refractivity contribution in [2.45, 2.75) is 18.0 Å². The van der Waals surface area contributed by atoms with Crippen molar-refractivity contribution in [3.05, 3.63) is 91.0 Å². The number of carbonyl (C=O) groups excluding carboxylic acids is 2. The summed E-state index contributed by atoms with van der Waals surface area (Å²) in [4.78, 5) is 35.6. The lowest BCUT2D eigenvalue weighted by molar-refractivity contribution is -0.132. The lowest BCUT2D eigenvalue weighted by Crippen LogP contribution is -2.42. The van der Waals surface area contributed by atoms with Crippen LogP contribution < -0.4 is 5.32 Å². The van der Waals surface area contributed by atoms with Crippen molar-refractivity contribution in [1.82, 2.24) is 14.9 Å². The summed E-state index contributed by atoms with van der Waals surface area (Å²) < 4.78 is 0. The molecular formula is C29H28N4O2S. The lowest BCUT2D eigenvalue weighted by Gasteiger charge is -2.31. The largest absolute Gasteiger partial charge is 0.342 e. The Labute approximate surface area is 215 Å². The van der Waals surface area contributed by atoms with Gasteiger partial charge in [0, 0.05) is 35.8 Å². The monoisotopic (exact) mass is 496 g/mol. The second-order valence-corrected chi connectivity index (χ2v) is 9.76. The number of hydrogen-bond acceptors (Lipinski definition) is 4. The van der Waals surface area contributed by atoms with Gasteiger partial charge in [0.25, 0.3) is 0 Å². The number of amides is 2.